The molecule has 2 aliphatic rings. The van der Waals surface area contributed by atoms with E-state index in [1.807, 2.05) is 12.1 Å². The molecule has 0 aromatic heterocycles. The van der Waals surface area contributed by atoms with Crippen molar-refractivity contribution in [3.8, 4) is 0 Å². The first-order valence-corrected chi connectivity index (χ1v) is 12.6. The van der Waals surface area contributed by atoms with Crippen LogP contribution in [-0.2, 0) is 19.4 Å². The summed E-state index contributed by atoms with van der Waals surface area (Å²) in [5.41, 5.74) is 0.993. The van der Waals surface area contributed by atoms with Crippen molar-refractivity contribution in [2.75, 3.05) is 23.7 Å². The van der Waals surface area contributed by atoms with Crippen molar-refractivity contribution in [3.05, 3.63) is 24.3 Å². The van der Waals surface area contributed by atoms with Crippen LogP contribution in [0.1, 0.15) is 52.4 Å². The zero-order valence-corrected chi connectivity index (χ0v) is 18.7. The lowest BCUT2D eigenvalue weighted by molar-refractivity contribution is -0.131. The quantitative estimate of drug-likeness (QED) is 0.685. The minimum Gasteiger partial charge on any atom is -0.371 e. The summed E-state index contributed by atoms with van der Waals surface area (Å²) < 4.78 is 23.9. The number of carbonyl (C=O) groups excluding carboxylic acids is 2. The third-order valence-corrected chi connectivity index (χ3v) is 8.01. The summed E-state index contributed by atoms with van der Waals surface area (Å²) in [7, 11) is -3.19. The van der Waals surface area contributed by atoms with Crippen LogP contribution in [0.4, 0.5) is 5.69 Å². The maximum Gasteiger partial charge on any atom is 0.242 e. The first-order chi connectivity index (χ1) is 14.3. The average molecular weight is 436 g/mol. The molecular weight excluding hydrogens is 402 g/mol. The third kappa shape index (κ3) is 5.53. The highest BCUT2D eigenvalue weighted by Crippen LogP contribution is 2.25. The van der Waals surface area contributed by atoms with E-state index in [9.17, 15) is 18.0 Å². The van der Waals surface area contributed by atoms with Crippen molar-refractivity contribution in [1.29, 1.82) is 0 Å². The number of amides is 2. The van der Waals surface area contributed by atoms with Gasteiger partial charge in [-0.15, -0.1) is 0 Å². The zero-order chi connectivity index (χ0) is 21.7. The molecule has 166 valence electrons. The van der Waals surface area contributed by atoms with E-state index < -0.39 is 15.9 Å². The van der Waals surface area contributed by atoms with Crippen LogP contribution in [0.15, 0.2) is 29.2 Å². The number of piperidine rings is 1. The van der Waals surface area contributed by atoms with Gasteiger partial charge in [0.2, 0.25) is 11.8 Å². The Labute approximate surface area is 179 Å². The maximum absolute atomic E-state index is 12.5. The molecular formula is C22H33N3O4S. The highest BCUT2D eigenvalue weighted by molar-refractivity contribution is 7.91. The molecule has 1 aliphatic carbocycles. The Morgan fingerprint density at radius 2 is 1.67 bits per heavy atom. The molecule has 2 fully saturated rings. The fourth-order valence-corrected chi connectivity index (χ4v) is 5.11. The van der Waals surface area contributed by atoms with Crippen LogP contribution in [0.25, 0.3) is 0 Å². The van der Waals surface area contributed by atoms with Crippen LogP contribution in [0.5, 0.6) is 0 Å². The molecule has 1 atom stereocenters. The van der Waals surface area contributed by atoms with Crippen molar-refractivity contribution in [1.82, 2.24) is 10.6 Å². The minimum atomic E-state index is -3.19. The number of hydrogen-bond donors (Lipinski definition) is 2. The summed E-state index contributed by atoms with van der Waals surface area (Å²) in [6.45, 7) is 4.95. The van der Waals surface area contributed by atoms with Gasteiger partial charge in [0.1, 0.15) is 6.04 Å². The van der Waals surface area contributed by atoms with Crippen molar-refractivity contribution in [2.45, 2.75) is 69.4 Å². The average Bonchev–Trinajstić information content (AvgIpc) is 3.29. The molecule has 3 rings (SSSR count). The van der Waals surface area contributed by atoms with Gasteiger partial charge in [0.15, 0.2) is 9.84 Å². The first kappa shape index (κ1) is 22.6. The van der Waals surface area contributed by atoms with Crippen molar-refractivity contribution >= 4 is 27.3 Å². The number of rotatable bonds is 7. The highest BCUT2D eigenvalue weighted by Gasteiger charge is 2.27. The summed E-state index contributed by atoms with van der Waals surface area (Å²) in [6, 6.07) is 6.58. The van der Waals surface area contributed by atoms with Crippen molar-refractivity contribution in [2.24, 2.45) is 5.92 Å². The summed E-state index contributed by atoms with van der Waals surface area (Å²) >= 11 is 0. The lowest BCUT2D eigenvalue weighted by Crippen LogP contribution is -2.51. The molecule has 7 nitrogen and oxygen atoms in total. The van der Waals surface area contributed by atoms with E-state index in [0.717, 1.165) is 57.3 Å². The summed E-state index contributed by atoms with van der Waals surface area (Å²) in [4.78, 5) is 27.3. The Kier molecular flexibility index (Phi) is 7.39. The molecule has 0 radical (unpaired) electrons. The van der Waals surface area contributed by atoms with Gasteiger partial charge in [0, 0.05) is 30.7 Å². The van der Waals surface area contributed by atoms with Crippen molar-refractivity contribution in [3.63, 3.8) is 0 Å². The Morgan fingerprint density at radius 3 is 2.23 bits per heavy atom. The third-order valence-electron chi connectivity index (χ3n) is 6.26. The lowest BCUT2D eigenvalue weighted by atomic mass is 10.0. The van der Waals surface area contributed by atoms with Gasteiger partial charge in [-0.2, -0.15) is 0 Å². The topological polar surface area (TPSA) is 95.6 Å². The number of hydrogen-bond acceptors (Lipinski definition) is 5. The molecule has 0 spiro atoms. The predicted octanol–water partition coefficient (Wildman–Crippen LogP) is 2.26. The van der Waals surface area contributed by atoms with Gasteiger partial charge in [-0.05, 0) is 56.9 Å². The molecule has 1 aromatic carbocycles. The predicted molar refractivity (Wildman–Crippen MR) is 117 cm³/mol. The molecule has 0 bridgehead atoms. The molecule has 1 heterocycles. The van der Waals surface area contributed by atoms with Gasteiger partial charge in [0.25, 0.3) is 0 Å². The van der Waals surface area contributed by atoms with Crippen LogP contribution in [0.3, 0.4) is 0 Å². The summed E-state index contributed by atoms with van der Waals surface area (Å²) in [6.07, 6.45) is 5.64. The number of nitrogens with zero attached hydrogens (tertiary/aromatic N) is 1. The molecule has 2 N–H and O–H groups in total. The van der Waals surface area contributed by atoms with E-state index in [1.54, 1.807) is 26.0 Å². The van der Waals surface area contributed by atoms with Gasteiger partial charge in [0.05, 0.1) is 10.6 Å². The molecule has 1 saturated carbocycles. The second-order valence-electron chi connectivity index (χ2n) is 8.38. The molecule has 1 unspecified atom stereocenters. The van der Waals surface area contributed by atoms with Crippen LogP contribution >= 0.6 is 0 Å². The molecule has 1 aliphatic heterocycles. The molecule has 30 heavy (non-hydrogen) atoms. The van der Waals surface area contributed by atoms with Crippen molar-refractivity contribution < 1.29 is 18.0 Å². The van der Waals surface area contributed by atoms with Crippen LogP contribution < -0.4 is 15.5 Å². The van der Waals surface area contributed by atoms with E-state index >= 15 is 0 Å². The maximum atomic E-state index is 12.5. The monoisotopic (exact) mass is 435 g/mol. The molecule has 2 amide bonds. The normalized spacial score (nSPS) is 19.5. The Balaban J connectivity index is 1.46. The van der Waals surface area contributed by atoms with E-state index in [-0.39, 0.29) is 29.5 Å². The summed E-state index contributed by atoms with van der Waals surface area (Å²) in [5, 5.41) is 5.92. The standard InChI is InChI=1S/C22H33N3O4S/c1-3-30(28,29)20-10-8-19(9-11-20)25-14-12-18(13-15-25)24-21(26)16(2)23-22(27)17-6-4-5-7-17/h8-11,16-18H,3-7,12-15H2,1-2H3,(H,23,27)(H,24,26). The Bertz CT molecular complexity index is 840. The van der Waals surface area contributed by atoms with E-state index in [2.05, 4.69) is 15.5 Å². The second kappa shape index (κ2) is 9.81. The van der Waals surface area contributed by atoms with Gasteiger partial charge in [-0.1, -0.05) is 19.8 Å². The smallest absolute Gasteiger partial charge is 0.242 e. The number of benzene rings is 1. The molecule has 8 heteroatoms. The number of sulfone groups is 1. The zero-order valence-electron chi connectivity index (χ0n) is 17.9. The number of anilines is 1. The fourth-order valence-electron chi connectivity index (χ4n) is 4.22. The van der Waals surface area contributed by atoms with Crippen LogP contribution in [0, 0.1) is 5.92 Å². The number of nitrogens with one attached hydrogen (secondary N) is 2. The lowest BCUT2D eigenvalue weighted by Gasteiger charge is -2.34. The second-order valence-corrected chi connectivity index (χ2v) is 10.7. The largest absolute Gasteiger partial charge is 0.371 e. The van der Waals surface area contributed by atoms with E-state index in [0.29, 0.717) is 4.90 Å². The molecule has 1 saturated heterocycles. The minimum absolute atomic E-state index is 0.00139. The number of carbonyl (C=O) groups is 2. The SMILES string of the molecule is CCS(=O)(=O)c1ccc(N2CCC(NC(=O)C(C)NC(=O)C3CCCC3)CC2)cc1. The van der Waals surface area contributed by atoms with Gasteiger partial charge in [-0.25, -0.2) is 8.42 Å². The Morgan fingerprint density at radius 1 is 1.07 bits per heavy atom. The van der Waals surface area contributed by atoms with E-state index in [1.165, 1.54) is 0 Å². The van der Waals surface area contributed by atoms with Gasteiger partial charge in [-0.3, -0.25) is 9.59 Å². The molecule has 1 aromatic rings. The summed E-state index contributed by atoms with van der Waals surface area (Å²) in [5.74, 6) is 0.0198. The van der Waals surface area contributed by atoms with Gasteiger partial charge < -0.3 is 15.5 Å². The Hall–Kier alpha value is -2.09. The van der Waals surface area contributed by atoms with E-state index in [4.69, 9.17) is 0 Å². The van der Waals surface area contributed by atoms with Crippen LogP contribution in [0.2, 0.25) is 0 Å². The fraction of sp³-hybridized carbons (Fsp3) is 0.636. The van der Waals surface area contributed by atoms with Crippen LogP contribution in [-0.4, -0.2) is 51.2 Å². The highest BCUT2D eigenvalue weighted by atomic mass is 32.2. The van der Waals surface area contributed by atoms with Gasteiger partial charge >= 0.3 is 0 Å². The first-order valence-electron chi connectivity index (χ1n) is 11.0.